The second-order valence-electron chi connectivity index (χ2n) is 21.3. The van der Waals surface area contributed by atoms with Crippen molar-refractivity contribution in [3.05, 3.63) is 72.9 Å². The normalized spacial score (nSPS) is 14.4. The second kappa shape index (κ2) is 52.8. The van der Waals surface area contributed by atoms with Crippen molar-refractivity contribution in [2.45, 2.75) is 276 Å². The van der Waals surface area contributed by atoms with Crippen LogP contribution in [0.25, 0.3) is 0 Å². The van der Waals surface area contributed by atoms with Gasteiger partial charge < -0.3 is 28.8 Å². The van der Waals surface area contributed by atoms with Crippen LogP contribution in [0.15, 0.2) is 72.9 Å². The van der Waals surface area contributed by atoms with Crippen molar-refractivity contribution in [2.24, 2.45) is 0 Å². The minimum Gasteiger partial charge on any atom is -0.756 e. The van der Waals surface area contributed by atoms with E-state index in [2.05, 4.69) is 79.9 Å². The molecule has 3 atom stereocenters. The van der Waals surface area contributed by atoms with E-state index >= 15 is 0 Å². The van der Waals surface area contributed by atoms with Gasteiger partial charge in [-0.3, -0.25) is 9.36 Å². The fourth-order valence-electron chi connectivity index (χ4n) is 8.51. The molecular weight excluding hydrogens is 900 g/mol. The number of quaternary nitrogens is 1. The topological polar surface area (TPSA) is 108 Å². The number of carbonyl (C=O) groups is 1. The maximum absolute atomic E-state index is 13.0. The number of aliphatic hydroxyl groups excluding tert-OH is 1. The molecule has 71 heavy (non-hydrogen) atoms. The molecule has 0 saturated carbocycles. The Morgan fingerprint density at radius 3 is 1.31 bits per heavy atom. The third-order valence-corrected chi connectivity index (χ3v) is 14.1. The molecule has 0 aromatic carbocycles. The molecule has 2 N–H and O–H groups in total. The van der Waals surface area contributed by atoms with Gasteiger partial charge in [-0.2, -0.15) is 0 Å². The molecule has 0 aromatic rings. The highest BCUT2D eigenvalue weighted by Crippen LogP contribution is 2.38. The molecule has 8 nitrogen and oxygen atoms in total. The predicted octanol–water partition coefficient (Wildman–Crippen LogP) is 17.6. The fraction of sp³-hybridized carbons (Fsp3) is 0.790. The second-order valence-corrected chi connectivity index (χ2v) is 22.7. The van der Waals surface area contributed by atoms with E-state index in [4.69, 9.17) is 9.05 Å². The lowest BCUT2D eigenvalue weighted by molar-refractivity contribution is -0.870. The first-order valence-corrected chi connectivity index (χ1v) is 31.3. The molecule has 0 radical (unpaired) electrons. The lowest BCUT2D eigenvalue weighted by Crippen LogP contribution is -2.45. The van der Waals surface area contributed by atoms with Gasteiger partial charge in [0.25, 0.3) is 7.82 Å². The highest BCUT2D eigenvalue weighted by Gasteiger charge is 2.23. The lowest BCUT2D eigenvalue weighted by atomic mass is 10.0. The van der Waals surface area contributed by atoms with Crippen LogP contribution in [0.1, 0.15) is 264 Å². The van der Waals surface area contributed by atoms with Gasteiger partial charge in [0.1, 0.15) is 13.2 Å². The number of aliphatic hydroxyl groups is 1. The van der Waals surface area contributed by atoms with Gasteiger partial charge in [0.05, 0.1) is 39.9 Å². The maximum Gasteiger partial charge on any atom is 0.268 e. The number of phosphoric ester groups is 1. The Labute approximate surface area is 440 Å². The summed E-state index contributed by atoms with van der Waals surface area (Å²) >= 11 is 0. The standard InChI is InChI=1S/C62H115N2O6P/c1-6-8-10-12-14-16-18-20-22-24-26-27-28-29-30-31-32-33-34-35-36-37-38-40-42-44-46-48-50-52-54-56-62(66)63-60(59-70-71(67,68)69-58-57-64(3,4)5)61(65)55-53-51-49-47-45-43-41-39-25-23-21-19-17-15-13-11-9-7-2/h8,10,14,16,20,22,26-27,45,47,53,55,60-61,65H,6-7,9,11-13,15,17-19,21,23-25,28-44,46,48-52,54,56-59H2,1-5H3,(H-,63,66,67,68)/b10-8-,16-14-,22-20-,27-26-,47-45+,55-53+. The minimum absolute atomic E-state index is 0.00725. The first kappa shape index (κ1) is 68.9. The summed E-state index contributed by atoms with van der Waals surface area (Å²) < 4.78 is 23.3. The van der Waals surface area contributed by atoms with Gasteiger partial charge >= 0.3 is 0 Å². The number of rotatable bonds is 54. The van der Waals surface area contributed by atoms with E-state index in [0.717, 1.165) is 64.2 Å². The first-order chi connectivity index (χ1) is 34.5. The van der Waals surface area contributed by atoms with Crippen molar-refractivity contribution < 1.29 is 32.9 Å². The van der Waals surface area contributed by atoms with Crippen molar-refractivity contribution in [1.82, 2.24) is 5.32 Å². The molecule has 0 aromatic heterocycles. The minimum atomic E-state index is -4.61. The van der Waals surface area contributed by atoms with Crippen molar-refractivity contribution in [3.63, 3.8) is 0 Å². The number of phosphoric acid groups is 1. The van der Waals surface area contributed by atoms with Crippen LogP contribution in [-0.4, -0.2) is 68.5 Å². The fourth-order valence-corrected chi connectivity index (χ4v) is 9.24. The summed E-state index contributed by atoms with van der Waals surface area (Å²) in [5.41, 5.74) is 0. The summed E-state index contributed by atoms with van der Waals surface area (Å²) in [4.78, 5) is 25.5. The van der Waals surface area contributed by atoms with E-state index in [1.165, 1.54) is 180 Å². The average molecular weight is 1020 g/mol. The number of unbranched alkanes of at least 4 members (excludes halogenated alkanes) is 31. The summed E-state index contributed by atoms with van der Waals surface area (Å²) in [5, 5.41) is 13.9. The predicted molar refractivity (Wildman–Crippen MR) is 307 cm³/mol. The van der Waals surface area contributed by atoms with E-state index in [1.54, 1.807) is 6.08 Å². The molecule has 3 unspecified atom stereocenters. The Morgan fingerprint density at radius 2 is 0.873 bits per heavy atom. The third kappa shape index (κ3) is 55.5. The highest BCUT2D eigenvalue weighted by molar-refractivity contribution is 7.45. The van der Waals surface area contributed by atoms with Gasteiger partial charge in [0, 0.05) is 6.42 Å². The molecule has 414 valence electrons. The van der Waals surface area contributed by atoms with Crippen LogP contribution in [-0.2, 0) is 18.4 Å². The molecular formula is C62H115N2O6P. The van der Waals surface area contributed by atoms with E-state index in [1.807, 2.05) is 27.2 Å². The van der Waals surface area contributed by atoms with Crippen LogP contribution in [0, 0.1) is 0 Å². The molecule has 0 saturated heterocycles. The molecule has 9 heteroatoms. The van der Waals surface area contributed by atoms with Gasteiger partial charge in [0.15, 0.2) is 0 Å². The highest BCUT2D eigenvalue weighted by atomic mass is 31.2. The summed E-state index contributed by atoms with van der Waals surface area (Å²) in [5.74, 6) is -0.206. The van der Waals surface area contributed by atoms with Crippen LogP contribution >= 0.6 is 7.82 Å². The molecule has 0 aliphatic rings. The summed E-state index contributed by atoms with van der Waals surface area (Å²) in [6.07, 6.45) is 72.8. The quantitative estimate of drug-likeness (QED) is 0.0272. The van der Waals surface area contributed by atoms with Crippen LogP contribution < -0.4 is 10.2 Å². The number of likely N-dealkylation sites (N-methyl/N-ethyl adjacent to an activating group) is 1. The number of hydrogen-bond acceptors (Lipinski definition) is 6. The summed E-state index contributed by atoms with van der Waals surface area (Å²) in [6, 6.07) is -0.905. The number of hydrogen-bond donors (Lipinski definition) is 2. The molecule has 0 spiro atoms. The Morgan fingerprint density at radius 1 is 0.507 bits per heavy atom. The van der Waals surface area contributed by atoms with Crippen molar-refractivity contribution in [3.8, 4) is 0 Å². The number of amides is 1. The van der Waals surface area contributed by atoms with Crippen LogP contribution in [0.2, 0.25) is 0 Å². The summed E-state index contributed by atoms with van der Waals surface area (Å²) in [7, 11) is 1.25. The van der Waals surface area contributed by atoms with E-state index in [0.29, 0.717) is 17.4 Å². The van der Waals surface area contributed by atoms with E-state index in [9.17, 15) is 19.4 Å². The number of carbonyl (C=O) groups excluding carboxylic acids is 1. The van der Waals surface area contributed by atoms with Gasteiger partial charge in [-0.25, -0.2) is 0 Å². The molecule has 0 fully saturated rings. The van der Waals surface area contributed by atoms with E-state index < -0.39 is 26.6 Å². The Kier molecular flexibility index (Phi) is 51.3. The molecule has 0 heterocycles. The third-order valence-electron chi connectivity index (χ3n) is 13.2. The van der Waals surface area contributed by atoms with Gasteiger partial charge in [0.2, 0.25) is 5.91 Å². The van der Waals surface area contributed by atoms with Crippen molar-refractivity contribution in [2.75, 3.05) is 40.9 Å². The Hall–Kier alpha value is -2.06. The van der Waals surface area contributed by atoms with Crippen molar-refractivity contribution in [1.29, 1.82) is 0 Å². The van der Waals surface area contributed by atoms with Crippen LogP contribution in [0.3, 0.4) is 0 Å². The van der Waals surface area contributed by atoms with Gasteiger partial charge in [-0.05, 0) is 70.6 Å². The monoisotopic (exact) mass is 1010 g/mol. The largest absolute Gasteiger partial charge is 0.756 e. The average Bonchev–Trinajstić information content (AvgIpc) is 3.33. The zero-order valence-corrected chi connectivity index (χ0v) is 48.1. The summed E-state index contributed by atoms with van der Waals surface area (Å²) in [6.45, 7) is 4.53. The number of allylic oxidation sites excluding steroid dienone is 11. The molecule has 0 rings (SSSR count). The molecule has 0 bridgehead atoms. The van der Waals surface area contributed by atoms with E-state index in [-0.39, 0.29) is 12.5 Å². The zero-order valence-electron chi connectivity index (χ0n) is 47.2. The Bertz CT molecular complexity index is 1380. The maximum atomic E-state index is 13.0. The molecule has 0 aliphatic carbocycles. The van der Waals surface area contributed by atoms with Gasteiger partial charge in [-0.1, -0.05) is 260 Å². The lowest BCUT2D eigenvalue weighted by Gasteiger charge is -2.29. The van der Waals surface area contributed by atoms with Crippen molar-refractivity contribution >= 4 is 13.7 Å². The Balaban J connectivity index is 4.13. The van der Waals surface area contributed by atoms with Crippen LogP contribution in [0.4, 0.5) is 0 Å². The molecule has 0 aliphatic heterocycles. The molecule has 1 amide bonds. The van der Waals surface area contributed by atoms with Crippen LogP contribution in [0.5, 0.6) is 0 Å². The number of nitrogens with one attached hydrogen (secondary N) is 1. The number of nitrogens with zero attached hydrogens (tertiary/aromatic N) is 1. The smallest absolute Gasteiger partial charge is 0.268 e. The zero-order chi connectivity index (χ0) is 52.0. The van der Waals surface area contributed by atoms with Gasteiger partial charge in [-0.15, -0.1) is 0 Å². The SMILES string of the molecule is CC/C=C\C/C=C\C/C=C\C/C=C\CCCCCCCCCCCCCCCCCCCCC(=O)NC(COP(=O)([O-])OCC[N+](C)(C)C)C(O)/C=C/CC/C=C/CCCCCCCCCCCCCC. The first-order valence-electron chi connectivity index (χ1n) is 29.8.